The van der Waals surface area contributed by atoms with Gasteiger partial charge in [-0.2, -0.15) is 0 Å². The number of carbonyl (C=O) groups is 1. The van der Waals surface area contributed by atoms with Crippen LogP contribution in [0.1, 0.15) is 45.9 Å². The van der Waals surface area contributed by atoms with Crippen LogP contribution in [0.15, 0.2) is 134 Å². The lowest BCUT2D eigenvalue weighted by Crippen LogP contribution is -2.09. The van der Waals surface area contributed by atoms with Crippen LogP contribution < -0.4 is 5.73 Å². The van der Waals surface area contributed by atoms with Crippen molar-refractivity contribution in [1.82, 2.24) is 15.0 Å². The largest absolute Gasteiger partial charge is 0.465 e. The van der Waals surface area contributed by atoms with Crippen molar-refractivity contribution in [3.63, 3.8) is 0 Å². The molecule has 8 rings (SSSR count). The van der Waals surface area contributed by atoms with Gasteiger partial charge >= 0.3 is 5.97 Å². The molecule has 1 fully saturated rings. The van der Waals surface area contributed by atoms with E-state index in [0.717, 1.165) is 66.6 Å². The van der Waals surface area contributed by atoms with Gasteiger partial charge in [-0.3, -0.25) is 15.0 Å². The summed E-state index contributed by atoms with van der Waals surface area (Å²) in [4.78, 5) is 26.2. The van der Waals surface area contributed by atoms with Crippen molar-refractivity contribution in [2.75, 3.05) is 12.8 Å². The molecule has 1 aliphatic rings. The highest BCUT2D eigenvalue weighted by atomic mass is 16.5. The van der Waals surface area contributed by atoms with Crippen LogP contribution in [0.25, 0.3) is 44.1 Å². The van der Waals surface area contributed by atoms with Crippen molar-refractivity contribution in [2.24, 2.45) is 0 Å². The predicted octanol–water partition coefficient (Wildman–Crippen LogP) is 9.04. The first kappa shape index (κ1) is 29.8. The van der Waals surface area contributed by atoms with E-state index in [1.165, 1.54) is 20.0 Å². The molecule has 0 bridgehead atoms. The van der Waals surface area contributed by atoms with Gasteiger partial charge in [0.2, 0.25) is 0 Å². The van der Waals surface area contributed by atoms with Gasteiger partial charge in [-0.15, -0.1) is 0 Å². The fourth-order valence-electron chi connectivity index (χ4n) is 6.07. The molecule has 0 amide bonds. The predicted molar refractivity (Wildman–Crippen MR) is 189 cm³/mol. The molecule has 4 aromatic carbocycles. The molecule has 0 aliphatic heterocycles. The molecule has 3 aromatic heterocycles. The van der Waals surface area contributed by atoms with E-state index in [-0.39, 0.29) is 5.97 Å². The third kappa shape index (κ3) is 6.31. The molecule has 2 N–H and O–H groups in total. The Bertz CT molecular complexity index is 2200. The molecule has 230 valence electrons. The zero-order valence-corrected chi connectivity index (χ0v) is 26.1. The van der Waals surface area contributed by atoms with Crippen LogP contribution in [0.5, 0.6) is 0 Å². The van der Waals surface area contributed by atoms with Crippen LogP contribution in [0.3, 0.4) is 0 Å². The van der Waals surface area contributed by atoms with E-state index in [0.29, 0.717) is 17.9 Å². The van der Waals surface area contributed by atoms with Crippen LogP contribution >= 0.6 is 0 Å². The molecular weight excluding hydrogens is 580 g/mol. The molecule has 0 atom stereocenters. The number of methoxy groups -OCH3 is 1. The molecule has 0 spiro atoms. The van der Waals surface area contributed by atoms with Crippen molar-refractivity contribution in [2.45, 2.75) is 25.2 Å². The van der Waals surface area contributed by atoms with E-state index in [1.54, 1.807) is 6.20 Å². The van der Waals surface area contributed by atoms with Crippen molar-refractivity contribution in [3.8, 4) is 22.5 Å². The van der Waals surface area contributed by atoms with Crippen molar-refractivity contribution in [1.29, 1.82) is 0 Å². The van der Waals surface area contributed by atoms with Gasteiger partial charge in [0.1, 0.15) is 0 Å². The Morgan fingerprint density at radius 1 is 0.702 bits per heavy atom. The quantitative estimate of drug-likeness (QED) is 0.148. The molecular formula is C41H34N4O2. The monoisotopic (exact) mass is 614 g/mol. The molecule has 3 heterocycles. The number of rotatable bonds is 6. The lowest BCUT2D eigenvalue weighted by atomic mass is 9.96. The van der Waals surface area contributed by atoms with Crippen molar-refractivity contribution < 1.29 is 9.53 Å². The topological polar surface area (TPSA) is 91.0 Å². The molecule has 6 nitrogen and oxygen atoms in total. The number of aromatic nitrogens is 3. The number of carbonyl (C=O) groups excluding carboxylic acids is 1. The van der Waals surface area contributed by atoms with Gasteiger partial charge in [-0.25, -0.2) is 4.79 Å². The molecule has 0 unspecified atom stereocenters. The van der Waals surface area contributed by atoms with Crippen LogP contribution in [0, 0.1) is 0 Å². The van der Waals surface area contributed by atoms with Crippen LogP contribution in [-0.2, 0) is 11.2 Å². The Labute approximate surface area is 273 Å². The summed E-state index contributed by atoms with van der Waals surface area (Å²) in [6.07, 6.45) is 8.47. The van der Waals surface area contributed by atoms with Gasteiger partial charge in [-0.1, -0.05) is 91.0 Å². The van der Waals surface area contributed by atoms with Gasteiger partial charge in [0.25, 0.3) is 0 Å². The minimum atomic E-state index is -0.327. The second-order valence-electron chi connectivity index (χ2n) is 11.7. The number of esters is 1. The molecule has 0 radical (unpaired) electrons. The summed E-state index contributed by atoms with van der Waals surface area (Å²) < 4.78 is 5.05. The summed E-state index contributed by atoms with van der Waals surface area (Å²) >= 11 is 0. The van der Waals surface area contributed by atoms with Gasteiger partial charge in [-0.05, 0) is 59.5 Å². The van der Waals surface area contributed by atoms with E-state index >= 15 is 0 Å². The number of nitrogen functional groups attached to an aromatic ring is 1. The average molecular weight is 615 g/mol. The maximum Gasteiger partial charge on any atom is 0.339 e. The standard InChI is InChI=1S/C26H22N2O2.C15H12N2/c1-30-26(29)23-14-20(17-10-11-17)16-28-24(23)15-19-8-5-9-22-21(19)12-13-27-25(22)18-6-3-2-4-7-18;16-14-8-4-7-13-12(14)9-10-17-15(13)11-5-2-1-3-6-11/h2-9,12-14,16-17H,10-11,15H2,1H3;1-10H,16H2. The number of ether oxygens (including phenoxy) is 1. The number of benzene rings is 4. The number of hydrogen-bond donors (Lipinski definition) is 1. The Hall–Kier alpha value is -5.88. The maximum atomic E-state index is 12.5. The number of nitrogens with two attached hydrogens (primary N) is 1. The summed E-state index contributed by atoms with van der Waals surface area (Å²) in [5, 5.41) is 4.37. The fraction of sp³-hybridized carbons (Fsp3) is 0.122. The van der Waals surface area contributed by atoms with Gasteiger partial charge < -0.3 is 10.5 Å². The van der Waals surface area contributed by atoms with E-state index < -0.39 is 0 Å². The summed E-state index contributed by atoms with van der Waals surface area (Å²) in [5.41, 5.74) is 14.5. The van der Waals surface area contributed by atoms with Gasteiger partial charge in [0.05, 0.1) is 29.8 Å². The second kappa shape index (κ2) is 13.2. The maximum absolute atomic E-state index is 12.5. The molecule has 7 aromatic rings. The number of nitrogens with zero attached hydrogens (tertiary/aromatic N) is 3. The number of hydrogen-bond acceptors (Lipinski definition) is 6. The van der Waals surface area contributed by atoms with Crippen molar-refractivity contribution >= 4 is 33.2 Å². The lowest BCUT2D eigenvalue weighted by Gasteiger charge is -2.12. The minimum Gasteiger partial charge on any atom is -0.465 e. The average Bonchev–Trinajstić information content (AvgIpc) is 3.98. The zero-order valence-electron chi connectivity index (χ0n) is 26.1. The fourth-order valence-corrected chi connectivity index (χ4v) is 6.07. The second-order valence-corrected chi connectivity index (χ2v) is 11.7. The first-order chi connectivity index (χ1) is 23.1. The number of anilines is 1. The molecule has 1 saturated carbocycles. The molecule has 0 saturated heterocycles. The highest BCUT2D eigenvalue weighted by Crippen LogP contribution is 2.40. The molecule has 1 aliphatic carbocycles. The summed E-state index contributed by atoms with van der Waals surface area (Å²) in [6, 6.07) is 38.5. The first-order valence-corrected chi connectivity index (χ1v) is 15.8. The molecule has 6 heteroatoms. The Kier molecular flexibility index (Phi) is 8.39. The minimum absolute atomic E-state index is 0.327. The summed E-state index contributed by atoms with van der Waals surface area (Å²) in [6.45, 7) is 0. The number of fused-ring (bicyclic) bond motifs is 2. The van der Waals surface area contributed by atoms with E-state index in [1.807, 2.05) is 85.2 Å². The highest BCUT2D eigenvalue weighted by Gasteiger charge is 2.26. The van der Waals surface area contributed by atoms with E-state index in [4.69, 9.17) is 10.5 Å². The zero-order chi connectivity index (χ0) is 32.2. The van der Waals surface area contributed by atoms with Crippen LogP contribution in [0.2, 0.25) is 0 Å². The van der Waals surface area contributed by atoms with E-state index in [2.05, 4.69) is 57.4 Å². The normalized spacial score (nSPS) is 12.4. The van der Waals surface area contributed by atoms with Crippen LogP contribution in [-0.4, -0.2) is 28.0 Å². The molecule has 47 heavy (non-hydrogen) atoms. The third-order valence-corrected chi connectivity index (χ3v) is 8.63. The SMILES string of the molecule is COC(=O)c1cc(C2CC2)cnc1Cc1cccc2c(-c3ccccc3)nccc12.Nc1cccc2c(-c3ccccc3)nccc12. The summed E-state index contributed by atoms with van der Waals surface area (Å²) in [7, 11) is 1.42. The van der Waals surface area contributed by atoms with Crippen LogP contribution in [0.4, 0.5) is 5.69 Å². The highest BCUT2D eigenvalue weighted by molar-refractivity contribution is 6.01. The van der Waals surface area contributed by atoms with Gasteiger partial charge in [0.15, 0.2) is 0 Å². The smallest absolute Gasteiger partial charge is 0.339 e. The van der Waals surface area contributed by atoms with E-state index in [9.17, 15) is 4.79 Å². The third-order valence-electron chi connectivity index (χ3n) is 8.63. The Morgan fingerprint density at radius 3 is 1.91 bits per heavy atom. The summed E-state index contributed by atoms with van der Waals surface area (Å²) in [5.74, 6) is 0.207. The van der Waals surface area contributed by atoms with Gasteiger partial charge in [0, 0.05) is 58.0 Å². The Balaban J connectivity index is 0.000000174. The first-order valence-electron chi connectivity index (χ1n) is 15.8. The number of pyridine rings is 3. The lowest BCUT2D eigenvalue weighted by molar-refractivity contribution is 0.0599. The Morgan fingerprint density at radius 2 is 1.30 bits per heavy atom. The van der Waals surface area contributed by atoms with Crippen molar-refractivity contribution in [3.05, 3.63) is 156 Å².